The van der Waals surface area contributed by atoms with Gasteiger partial charge in [-0.2, -0.15) is 0 Å². The molecule has 0 bridgehead atoms. The van der Waals surface area contributed by atoms with Crippen LogP contribution in [0.2, 0.25) is 0 Å². The number of nitrogens with two attached hydrogens (primary N) is 1. The van der Waals surface area contributed by atoms with E-state index in [1.807, 2.05) is 34.6 Å². The number of ether oxygens (including phenoxy) is 2. The van der Waals surface area contributed by atoms with Crippen molar-refractivity contribution in [1.29, 1.82) is 0 Å². The predicted molar refractivity (Wildman–Crippen MR) is 112 cm³/mol. The molecule has 8 nitrogen and oxygen atoms in total. The highest BCUT2D eigenvalue weighted by molar-refractivity contribution is 7.16. The van der Waals surface area contributed by atoms with E-state index >= 15 is 0 Å². The average Bonchev–Trinajstić information content (AvgIpc) is 2.92. The summed E-state index contributed by atoms with van der Waals surface area (Å²) >= 11 is 1.29. The molecule has 0 fully saturated rings. The fourth-order valence-electron chi connectivity index (χ4n) is 3.15. The lowest BCUT2D eigenvalue weighted by Gasteiger charge is -2.26. The zero-order chi connectivity index (χ0) is 21.9. The lowest BCUT2D eigenvalue weighted by molar-refractivity contribution is -0.129. The number of rotatable bonds is 6. The van der Waals surface area contributed by atoms with Gasteiger partial charge in [-0.25, -0.2) is 4.79 Å². The molecule has 0 saturated carbocycles. The van der Waals surface area contributed by atoms with E-state index in [9.17, 15) is 14.4 Å². The Morgan fingerprint density at radius 1 is 1.31 bits per heavy atom. The summed E-state index contributed by atoms with van der Waals surface area (Å²) in [6, 6.07) is -0.624. The second-order valence-corrected chi connectivity index (χ2v) is 9.55. The number of fused-ring (bicyclic) bond motifs is 1. The minimum atomic E-state index is -0.624. The Hall–Kier alpha value is -2.13. The molecule has 1 aliphatic rings. The molecule has 0 radical (unpaired) electrons. The minimum Gasteiger partial charge on any atom is -0.456 e. The smallest absolute Gasteiger partial charge is 0.341 e. The summed E-state index contributed by atoms with van der Waals surface area (Å²) < 4.78 is 11.3. The van der Waals surface area contributed by atoms with Crippen molar-refractivity contribution in [3.63, 3.8) is 0 Å². The highest BCUT2D eigenvalue weighted by atomic mass is 32.1. The van der Waals surface area contributed by atoms with Gasteiger partial charge < -0.3 is 25.8 Å². The molecule has 2 atom stereocenters. The van der Waals surface area contributed by atoms with Crippen molar-refractivity contribution in [2.24, 2.45) is 5.92 Å². The number of anilines is 1. The lowest BCUT2D eigenvalue weighted by atomic mass is 10.0. The van der Waals surface area contributed by atoms with Crippen LogP contribution < -0.4 is 16.4 Å². The van der Waals surface area contributed by atoms with E-state index in [1.165, 1.54) is 18.3 Å². The van der Waals surface area contributed by atoms with Crippen LogP contribution in [0.3, 0.4) is 0 Å². The monoisotopic (exact) mass is 425 g/mol. The van der Waals surface area contributed by atoms with E-state index in [2.05, 4.69) is 10.6 Å². The van der Waals surface area contributed by atoms with Crippen molar-refractivity contribution in [3.05, 3.63) is 16.0 Å². The number of hydrogen-bond acceptors (Lipinski definition) is 7. The van der Waals surface area contributed by atoms with Crippen molar-refractivity contribution in [2.75, 3.05) is 18.9 Å². The van der Waals surface area contributed by atoms with Gasteiger partial charge in [-0.1, -0.05) is 13.8 Å². The van der Waals surface area contributed by atoms with Gasteiger partial charge in [0.1, 0.15) is 22.7 Å². The number of nitrogen functional groups attached to an aromatic ring is 1. The van der Waals surface area contributed by atoms with Crippen LogP contribution in [0.5, 0.6) is 0 Å². The van der Waals surface area contributed by atoms with Gasteiger partial charge in [0.05, 0.1) is 12.2 Å². The Bertz CT molecular complexity index is 782. The van der Waals surface area contributed by atoms with Gasteiger partial charge in [0.25, 0.3) is 0 Å². The highest BCUT2D eigenvalue weighted by Gasteiger charge is 2.33. The van der Waals surface area contributed by atoms with E-state index in [1.54, 1.807) is 0 Å². The number of esters is 1. The zero-order valence-corrected chi connectivity index (χ0v) is 18.7. The molecule has 9 heteroatoms. The quantitative estimate of drug-likeness (QED) is 0.601. The van der Waals surface area contributed by atoms with Gasteiger partial charge in [0.2, 0.25) is 11.8 Å². The molecule has 2 rings (SSSR count). The largest absolute Gasteiger partial charge is 0.456 e. The third-order valence-corrected chi connectivity index (χ3v) is 5.55. The molecule has 0 aliphatic carbocycles. The maximum absolute atomic E-state index is 12.6. The van der Waals surface area contributed by atoms with Gasteiger partial charge in [-0.05, 0) is 38.7 Å². The second kappa shape index (κ2) is 9.13. The molecule has 0 spiro atoms. The van der Waals surface area contributed by atoms with Crippen LogP contribution in [0, 0.1) is 5.92 Å². The number of nitrogens with one attached hydrogen (secondary N) is 2. The molecule has 1 aromatic rings. The van der Waals surface area contributed by atoms with Crippen LogP contribution in [0.25, 0.3) is 0 Å². The molecule has 4 N–H and O–H groups in total. The number of hydrogen-bond donors (Lipinski definition) is 3. The number of carbonyl (C=O) groups is 3. The normalized spacial score (nSPS) is 17.4. The van der Waals surface area contributed by atoms with Crippen molar-refractivity contribution in [2.45, 2.75) is 65.7 Å². The van der Waals surface area contributed by atoms with Crippen molar-refractivity contribution >= 4 is 34.1 Å². The van der Waals surface area contributed by atoms with E-state index in [4.69, 9.17) is 15.2 Å². The Morgan fingerprint density at radius 3 is 2.52 bits per heavy atom. The molecular formula is C20H31N3O5S. The first-order valence-electron chi connectivity index (χ1n) is 9.71. The van der Waals surface area contributed by atoms with Crippen LogP contribution in [-0.2, 0) is 25.5 Å². The predicted octanol–water partition coefficient (Wildman–Crippen LogP) is 2.18. The first-order valence-corrected chi connectivity index (χ1v) is 10.5. The molecular weight excluding hydrogens is 394 g/mol. The van der Waals surface area contributed by atoms with Crippen LogP contribution in [0.15, 0.2) is 0 Å². The van der Waals surface area contributed by atoms with E-state index in [0.29, 0.717) is 23.6 Å². The summed E-state index contributed by atoms with van der Waals surface area (Å²) in [4.78, 5) is 37.3. The van der Waals surface area contributed by atoms with Gasteiger partial charge in [0.15, 0.2) is 0 Å². The summed E-state index contributed by atoms with van der Waals surface area (Å²) in [5.41, 5.74) is 6.74. The SMILES string of the molecule is CC(=O)N[C@@H](C(=O)NCC1OCCc2c1sc(N)c2C(=O)OC(C)(C)C)C(C)C. The second-order valence-electron chi connectivity index (χ2n) is 8.46. The molecule has 1 aliphatic heterocycles. The Balaban J connectivity index is 2.15. The zero-order valence-electron chi connectivity index (χ0n) is 17.9. The average molecular weight is 426 g/mol. The maximum atomic E-state index is 12.6. The number of thiophene rings is 1. The Morgan fingerprint density at radius 2 is 1.97 bits per heavy atom. The molecule has 29 heavy (non-hydrogen) atoms. The summed E-state index contributed by atoms with van der Waals surface area (Å²) in [7, 11) is 0. The molecule has 162 valence electrons. The summed E-state index contributed by atoms with van der Waals surface area (Å²) in [5, 5.41) is 5.91. The first kappa shape index (κ1) is 23.2. The van der Waals surface area contributed by atoms with Crippen molar-refractivity contribution < 1.29 is 23.9 Å². The number of amides is 2. The molecule has 2 amide bonds. The number of carbonyl (C=O) groups excluding carboxylic acids is 3. The Labute approximate surface area is 175 Å². The van der Waals surface area contributed by atoms with Crippen LogP contribution in [-0.4, -0.2) is 42.6 Å². The van der Waals surface area contributed by atoms with Crippen molar-refractivity contribution in [3.8, 4) is 0 Å². The van der Waals surface area contributed by atoms with Crippen molar-refractivity contribution in [1.82, 2.24) is 10.6 Å². The Kier molecular flexibility index (Phi) is 7.29. The lowest BCUT2D eigenvalue weighted by Crippen LogP contribution is -2.50. The van der Waals surface area contributed by atoms with E-state index in [0.717, 1.165) is 10.4 Å². The van der Waals surface area contributed by atoms with Crippen LogP contribution in [0.1, 0.15) is 68.4 Å². The van der Waals surface area contributed by atoms with Crippen LogP contribution in [0.4, 0.5) is 5.00 Å². The van der Waals surface area contributed by atoms with E-state index in [-0.39, 0.29) is 24.3 Å². The van der Waals surface area contributed by atoms with Crippen LogP contribution >= 0.6 is 11.3 Å². The fraction of sp³-hybridized carbons (Fsp3) is 0.650. The third-order valence-electron chi connectivity index (χ3n) is 4.40. The standard InChI is InChI=1S/C20H31N3O5S/c1-10(2)15(23-11(3)24)18(25)22-9-13-16-12(7-8-27-13)14(17(21)29-16)19(26)28-20(4,5)6/h10,13,15H,7-9,21H2,1-6H3,(H,22,25)(H,23,24)/t13?,15-/m1/s1. The topological polar surface area (TPSA) is 120 Å². The molecule has 2 heterocycles. The maximum Gasteiger partial charge on any atom is 0.341 e. The summed E-state index contributed by atoms with van der Waals surface area (Å²) in [6.45, 7) is 11.2. The molecule has 1 aromatic heterocycles. The summed E-state index contributed by atoms with van der Waals surface area (Å²) in [6.07, 6.45) is 0.152. The fourth-order valence-corrected chi connectivity index (χ4v) is 4.31. The highest BCUT2D eigenvalue weighted by Crippen LogP contribution is 2.40. The molecule has 0 saturated heterocycles. The third kappa shape index (κ3) is 5.93. The molecule has 1 unspecified atom stereocenters. The van der Waals surface area contributed by atoms with E-state index < -0.39 is 23.7 Å². The van der Waals surface area contributed by atoms with Gasteiger partial charge in [0, 0.05) is 18.3 Å². The van der Waals surface area contributed by atoms with Gasteiger partial charge >= 0.3 is 5.97 Å². The van der Waals surface area contributed by atoms with Gasteiger partial charge in [-0.15, -0.1) is 11.3 Å². The summed E-state index contributed by atoms with van der Waals surface area (Å²) in [5.74, 6) is -1.04. The first-order chi connectivity index (χ1) is 13.4. The minimum absolute atomic E-state index is 0.0575. The van der Waals surface area contributed by atoms with Gasteiger partial charge in [-0.3, -0.25) is 9.59 Å². The molecule has 0 aromatic carbocycles.